The maximum atomic E-state index is 6.29. The molecule has 0 saturated carbocycles. The van der Waals surface area contributed by atoms with Crippen molar-refractivity contribution < 1.29 is 14.2 Å². The second kappa shape index (κ2) is 13.3. The standard InChI is InChI=1S/C17H28ClN3O3.HI/c1-6-19-17(21-12(3)11-22-4)20-10-13-8-14(18)16(24-7-2)15(9-13)23-5;/h8-9,12H,6-7,10-11H2,1-5H3,(H2,19,20,21);1H. The molecule has 0 saturated heterocycles. The minimum absolute atomic E-state index is 0. The van der Waals surface area contributed by atoms with Gasteiger partial charge in [0.25, 0.3) is 0 Å². The molecule has 1 unspecified atom stereocenters. The largest absolute Gasteiger partial charge is 0.493 e. The van der Waals surface area contributed by atoms with E-state index >= 15 is 0 Å². The molecule has 25 heavy (non-hydrogen) atoms. The number of ether oxygens (including phenoxy) is 3. The molecule has 0 radical (unpaired) electrons. The molecule has 2 N–H and O–H groups in total. The summed E-state index contributed by atoms with van der Waals surface area (Å²) in [6.07, 6.45) is 0. The van der Waals surface area contributed by atoms with Crippen LogP contribution in [-0.4, -0.2) is 46.0 Å². The smallest absolute Gasteiger partial charge is 0.191 e. The topological polar surface area (TPSA) is 64.1 Å². The average molecular weight is 486 g/mol. The second-order valence-electron chi connectivity index (χ2n) is 5.24. The third-order valence-electron chi connectivity index (χ3n) is 3.14. The fraction of sp³-hybridized carbons (Fsp3) is 0.588. The molecule has 0 aromatic heterocycles. The van der Waals surface area contributed by atoms with Gasteiger partial charge in [0.15, 0.2) is 17.5 Å². The third-order valence-corrected chi connectivity index (χ3v) is 3.42. The fourth-order valence-electron chi connectivity index (χ4n) is 2.16. The van der Waals surface area contributed by atoms with Crippen LogP contribution in [0.3, 0.4) is 0 Å². The number of halogens is 2. The summed E-state index contributed by atoms with van der Waals surface area (Å²) in [6, 6.07) is 3.90. The van der Waals surface area contributed by atoms with Crippen LogP contribution in [0.5, 0.6) is 11.5 Å². The lowest BCUT2D eigenvalue weighted by molar-refractivity contribution is 0.179. The van der Waals surface area contributed by atoms with Gasteiger partial charge in [0, 0.05) is 19.7 Å². The predicted molar refractivity (Wildman–Crippen MR) is 114 cm³/mol. The lowest BCUT2D eigenvalue weighted by atomic mass is 10.2. The lowest BCUT2D eigenvalue weighted by Crippen LogP contribution is -2.43. The molecule has 0 bridgehead atoms. The van der Waals surface area contributed by atoms with E-state index in [1.807, 2.05) is 32.9 Å². The van der Waals surface area contributed by atoms with E-state index in [1.54, 1.807) is 14.2 Å². The molecule has 0 aliphatic rings. The molecule has 1 rings (SSSR count). The average Bonchev–Trinajstić information content (AvgIpc) is 2.55. The number of benzene rings is 1. The molecule has 0 aliphatic carbocycles. The van der Waals surface area contributed by atoms with Gasteiger partial charge in [-0.05, 0) is 38.5 Å². The monoisotopic (exact) mass is 485 g/mol. The summed E-state index contributed by atoms with van der Waals surface area (Å²) < 4.78 is 16.0. The van der Waals surface area contributed by atoms with Crippen LogP contribution in [-0.2, 0) is 11.3 Å². The zero-order chi connectivity index (χ0) is 17.9. The highest BCUT2D eigenvalue weighted by atomic mass is 127. The normalized spacial score (nSPS) is 12.2. The Morgan fingerprint density at radius 3 is 2.56 bits per heavy atom. The molecule has 0 spiro atoms. The van der Waals surface area contributed by atoms with Gasteiger partial charge in [-0.25, -0.2) is 4.99 Å². The molecule has 6 nitrogen and oxygen atoms in total. The van der Waals surface area contributed by atoms with Gasteiger partial charge in [0.2, 0.25) is 0 Å². The quantitative estimate of drug-likeness (QED) is 0.319. The van der Waals surface area contributed by atoms with E-state index in [9.17, 15) is 0 Å². The Bertz CT molecular complexity index is 544. The number of hydrogen-bond acceptors (Lipinski definition) is 4. The van der Waals surface area contributed by atoms with Gasteiger partial charge in [-0.15, -0.1) is 24.0 Å². The van der Waals surface area contributed by atoms with Crippen LogP contribution in [0, 0.1) is 0 Å². The van der Waals surface area contributed by atoms with Crippen molar-refractivity contribution in [2.24, 2.45) is 4.99 Å². The molecular weight excluding hydrogens is 457 g/mol. The van der Waals surface area contributed by atoms with Crippen molar-refractivity contribution >= 4 is 41.5 Å². The second-order valence-corrected chi connectivity index (χ2v) is 5.65. The Morgan fingerprint density at radius 1 is 1.28 bits per heavy atom. The number of aliphatic imine (C=N–C) groups is 1. The Morgan fingerprint density at radius 2 is 2.00 bits per heavy atom. The van der Waals surface area contributed by atoms with Crippen LogP contribution in [0.25, 0.3) is 0 Å². The summed E-state index contributed by atoms with van der Waals surface area (Å²) in [7, 11) is 3.27. The van der Waals surface area contributed by atoms with Gasteiger partial charge in [-0.3, -0.25) is 0 Å². The summed E-state index contributed by atoms with van der Waals surface area (Å²) >= 11 is 6.29. The Balaban J connectivity index is 0.00000576. The van der Waals surface area contributed by atoms with E-state index in [1.165, 1.54) is 0 Å². The van der Waals surface area contributed by atoms with Crippen molar-refractivity contribution in [3.05, 3.63) is 22.7 Å². The van der Waals surface area contributed by atoms with E-state index in [0.29, 0.717) is 36.3 Å². The predicted octanol–water partition coefficient (Wildman–Crippen LogP) is 3.46. The number of guanidine groups is 1. The summed E-state index contributed by atoms with van der Waals surface area (Å²) in [4.78, 5) is 4.58. The third kappa shape index (κ3) is 8.33. The highest BCUT2D eigenvalue weighted by Crippen LogP contribution is 2.36. The first-order valence-electron chi connectivity index (χ1n) is 8.08. The van der Waals surface area contributed by atoms with Crippen molar-refractivity contribution in [2.75, 3.05) is 34.0 Å². The van der Waals surface area contributed by atoms with E-state index < -0.39 is 0 Å². The minimum atomic E-state index is 0. The summed E-state index contributed by atoms with van der Waals surface area (Å²) in [5.41, 5.74) is 0.942. The van der Waals surface area contributed by atoms with Gasteiger partial charge < -0.3 is 24.8 Å². The Hall–Kier alpha value is -0.930. The van der Waals surface area contributed by atoms with E-state index in [0.717, 1.165) is 18.1 Å². The maximum absolute atomic E-state index is 6.29. The van der Waals surface area contributed by atoms with Crippen molar-refractivity contribution in [3.63, 3.8) is 0 Å². The molecule has 0 amide bonds. The van der Waals surface area contributed by atoms with Crippen LogP contribution in [0.4, 0.5) is 0 Å². The molecule has 0 fully saturated rings. The van der Waals surface area contributed by atoms with Crippen molar-refractivity contribution in [2.45, 2.75) is 33.4 Å². The first-order chi connectivity index (χ1) is 11.5. The van der Waals surface area contributed by atoms with Crippen molar-refractivity contribution in [1.29, 1.82) is 0 Å². The molecule has 1 aromatic carbocycles. The van der Waals surface area contributed by atoms with E-state index in [4.69, 9.17) is 25.8 Å². The molecule has 1 aromatic rings. The number of rotatable bonds is 9. The van der Waals surface area contributed by atoms with Crippen LogP contribution >= 0.6 is 35.6 Å². The lowest BCUT2D eigenvalue weighted by Gasteiger charge is -2.17. The number of methoxy groups -OCH3 is 2. The number of hydrogen-bond donors (Lipinski definition) is 2. The molecule has 1 atom stereocenters. The SMILES string of the molecule is CCNC(=NCc1cc(Cl)c(OCC)c(OC)c1)NC(C)COC.I. The fourth-order valence-corrected chi connectivity index (χ4v) is 2.45. The van der Waals surface area contributed by atoms with Gasteiger partial charge in [0.1, 0.15) is 0 Å². The maximum Gasteiger partial charge on any atom is 0.191 e. The van der Waals surface area contributed by atoms with Crippen molar-refractivity contribution in [3.8, 4) is 11.5 Å². The van der Waals surface area contributed by atoms with E-state index in [-0.39, 0.29) is 30.0 Å². The van der Waals surface area contributed by atoms with Gasteiger partial charge in [0.05, 0.1) is 31.9 Å². The molecular formula is C17H29ClIN3O3. The van der Waals surface area contributed by atoms with Crippen LogP contribution in [0.15, 0.2) is 17.1 Å². The molecule has 144 valence electrons. The summed E-state index contributed by atoms with van der Waals surface area (Å²) in [5.74, 6) is 1.90. The van der Waals surface area contributed by atoms with Gasteiger partial charge in [-0.2, -0.15) is 0 Å². The highest BCUT2D eigenvalue weighted by Gasteiger charge is 2.12. The molecule has 0 heterocycles. The number of nitrogens with zero attached hydrogens (tertiary/aromatic N) is 1. The first-order valence-corrected chi connectivity index (χ1v) is 8.46. The first kappa shape index (κ1) is 24.1. The van der Waals surface area contributed by atoms with Crippen molar-refractivity contribution in [1.82, 2.24) is 10.6 Å². The molecule has 0 aliphatic heterocycles. The zero-order valence-electron chi connectivity index (χ0n) is 15.5. The van der Waals surface area contributed by atoms with Crippen LogP contribution in [0.1, 0.15) is 26.3 Å². The van der Waals surface area contributed by atoms with Gasteiger partial charge >= 0.3 is 0 Å². The minimum Gasteiger partial charge on any atom is -0.493 e. The van der Waals surface area contributed by atoms with Crippen LogP contribution < -0.4 is 20.1 Å². The Labute approximate surface area is 172 Å². The van der Waals surface area contributed by atoms with Crippen LogP contribution in [0.2, 0.25) is 5.02 Å². The highest BCUT2D eigenvalue weighted by molar-refractivity contribution is 14.0. The van der Waals surface area contributed by atoms with Gasteiger partial charge in [-0.1, -0.05) is 11.6 Å². The summed E-state index contributed by atoms with van der Waals surface area (Å²) in [5, 5.41) is 7.02. The zero-order valence-corrected chi connectivity index (χ0v) is 18.6. The summed E-state index contributed by atoms with van der Waals surface area (Å²) in [6.45, 7) is 8.34. The Kier molecular flexibility index (Phi) is 12.8. The number of nitrogens with one attached hydrogen (secondary N) is 2. The molecule has 8 heteroatoms. The van der Waals surface area contributed by atoms with E-state index in [2.05, 4.69) is 15.6 Å².